The summed E-state index contributed by atoms with van der Waals surface area (Å²) in [4.78, 5) is 13.7. The summed E-state index contributed by atoms with van der Waals surface area (Å²) in [5.74, 6) is -0.138. The second-order valence-electron chi connectivity index (χ2n) is 4.68. The van der Waals surface area contributed by atoms with Crippen LogP contribution >= 0.6 is 11.6 Å². The quantitative estimate of drug-likeness (QED) is 0.842. The van der Waals surface area contributed by atoms with Gasteiger partial charge in [0.2, 0.25) is 15.9 Å². The minimum atomic E-state index is -3.29. The maximum absolute atomic E-state index is 12.0. The molecule has 1 heterocycles. The van der Waals surface area contributed by atoms with Gasteiger partial charge >= 0.3 is 0 Å². The van der Waals surface area contributed by atoms with Crippen molar-refractivity contribution in [2.45, 2.75) is 13.5 Å². The molecule has 2 rings (SSSR count). The molecule has 1 saturated heterocycles. The van der Waals surface area contributed by atoms with Gasteiger partial charge in [-0.2, -0.15) is 4.31 Å². The van der Waals surface area contributed by atoms with Gasteiger partial charge in [-0.1, -0.05) is 23.7 Å². The number of hydrogen-bond donors (Lipinski definition) is 0. The maximum atomic E-state index is 12.0. The smallest absolute Gasteiger partial charge is 0.238 e. The molecule has 7 heteroatoms. The van der Waals surface area contributed by atoms with E-state index in [1.54, 1.807) is 24.0 Å². The Morgan fingerprint density at radius 3 is 2.40 bits per heavy atom. The fourth-order valence-corrected chi connectivity index (χ4v) is 3.24. The van der Waals surface area contributed by atoms with E-state index in [9.17, 15) is 13.2 Å². The molecule has 0 spiro atoms. The van der Waals surface area contributed by atoms with Crippen molar-refractivity contribution in [2.75, 3.05) is 25.4 Å². The largest absolute Gasteiger partial charge is 0.336 e. The Labute approximate surface area is 124 Å². The summed E-state index contributed by atoms with van der Waals surface area (Å²) >= 11 is 5.81. The van der Waals surface area contributed by atoms with Gasteiger partial charge in [0.1, 0.15) is 0 Å². The van der Waals surface area contributed by atoms with Crippen LogP contribution in [0.25, 0.3) is 0 Å². The molecule has 1 aromatic rings. The zero-order valence-electron chi connectivity index (χ0n) is 11.3. The number of rotatable bonds is 4. The predicted molar refractivity (Wildman–Crippen MR) is 77.9 cm³/mol. The summed E-state index contributed by atoms with van der Waals surface area (Å²) in [6.07, 6.45) is 0. The van der Waals surface area contributed by atoms with Crippen molar-refractivity contribution in [1.29, 1.82) is 0 Å². The lowest BCUT2D eigenvalue weighted by molar-refractivity contribution is -0.134. The van der Waals surface area contributed by atoms with Crippen LogP contribution in [0, 0.1) is 0 Å². The van der Waals surface area contributed by atoms with E-state index in [4.69, 9.17) is 11.6 Å². The highest BCUT2D eigenvalue weighted by molar-refractivity contribution is 7.89. The Balaban J connectivity index is 2.00. The molecule has 0 N–H and O–H groups in total. The summed E-state index contributed by atoms with van der Waals surface area (Å²) in [5.41, 5.74) is 0.981. The summed E-state index contributed by atoms with van der Waals surface area (Å²) in [7, 11) is -3.29. The second kappa shape index (κ2) is 6.11. The van der Waals surface area contributed by atoms with E-state index in [0.717, 1.165) is 5.56 Å². The Hall–Kier alpha value is -1.11. The molecule has 0 aromatic heterocycles. The molecule has 0 bridgehead atoms. The van der Waals surface area contributed by atoms with Gasteiger partial charge in [-0.3, -0.25) is 4.79 Å². The Kier molecular flexibility index (Phi) is 4.67. The van der Waals surface area contributed by atoms with Gasteiger partial charge in [0.05, 0.1) is 12.3 Å². The molecular weight excluding hydrogens is 300 g/mol. The first-order valence-electron chi connectivity index (χ1n) is 6.42. The van der Waals surface area contributed by atoms with Crippen molar-refractivity contribution in [3.05, 3.63) is 34.9 Å². The van der Waals surface area contributed by atoms with Crippen molar-refractivity contribution in [3.63, 3.8) is 0 Å². The molecule has 1 aromatic carbocycles. The number of carbonyl (C=O) groups excluding carboxylic acids is 1. The molecule has 0 saturated carbocycles. The molecule has 1 fully saturated rings. The fourth-order valence-electron chi connectivity index (χ4n) is 2.08. The Bertz CT molecular complexity index is 586. The Morgan fingerprint density at radius 1 is 1.20 bits per heavy atom. The van der Waals surface area contributed by atoms with Crippen LogP contribution in [-0.2, 0) is 21.4 Å². The molecule has 1 aliphatic rings. The van der Waals surface area contributed by atoms with Crippen molar-refractivity contribution >= 4 is 27.5 Å². The highest BCUT2D eigenvalue weighted by Gasteiger charge is 2.30. The summed E-state index contributed by atoms with van der Waals surface area (Å²) in [5, 5.41) is 0.652. The maximum Gasteiger partial charge on any atom is 0.238 e. The molecular formula is C13H17ClN2O3S. The third-order valence-electron chi connectivity index (χ3n) is 3.33. The van der Waals surface area contributed by atoms with Gasteiger partial charge in [-0.15, -0.1) is 0 Å². The second-order valence-corrected chi connectivity index (χ2v) is 7.37. The van der Waals surface area contributed by atoms with Crippen LogP contribution < -0.4 is 0 Å². The van der Waals surface area contributed by atoms with E-state index in [0.29, 0.717) is 24.7 Å². The van der Waals surface area contributed by atoms with Crippen molar-refractivity contribution in [1.82, 2.24) is 9.21 Å². The molecule has 20 heavy (non-hydrogen) atoms. The van der Waals surface area contributed by atoms with E-state index >= 15 is 0 Å². The number of amides is 1. The van der Waals surface area contributed by atoms with Gasteiger partial charge in [-0.05, 0) is 24.6 Å². The third kappa shape index (κ3) is 3.50. The summed E-state index contributed by atoms with van der Waals surface area (Å²) in [6, 6.07) is 7.29. The molecule has 0 radical (unpaired) electrons. The van der Waals surface area contributed by atoms with E-state index in [1.807, 2.05) is 12.1 Å². The SMILES string of the molecule is CCS(=O)(=O)N1CCN(Cc2ccc(Cl)cc2)C(=O)C1. The van der Waals surface area contributed by atoms with Crippen LogP contribution in [0.1, 0.15) is 12.5 Å². The zero-order chi connectivity index (χ0) is 14.8. The van der Waals surface area contributed by atoms with E-state index in [2.05, 4.69) is 0 Å². The van der Waals surface area contributed by atoms with E-state index in [1.165, 1.54) is 4.31 Å². The fraction of sp³-hybridized carbons (Fsp3) is 0.462. The van der Waals surface area contributed by atoms with Crippen LogP contribution in [0.4, 0.5) is 0 Å². The van der Waals surface area contributed by atoms with Crippen LogP contribution in [0.3, 0.4) is 0 Å². The number of nitrogens with zero attached hydrogens (tertiary/aromatic N) is 2. The van der Waals surface area contributed by atoms with Gasteiger partial charge in [0.25, 0.3) is 0 Å². The van der Waals surface area contributed by atoms with Gasteiger partial charge in [-0.25, -0.2) is 8.42 Å². The highest BCUT2D eigenvalue weighted by Crippen LogP contribution is 2.15. The Morgan fingerprint density at radius 2 is 1.85 bits per heavy atom. The first kappa shape index (κ1) is 15.3. The minimum absolute atomic E-state index is 0.0253. The van der Waals surface area contributed by atoms with Crippen LogP contribution in [0.5, 0.6) is 0 Å². The molecule has 1 amide bonds. The number of sulfonamides is 1. The van der Waals surface area contributed by atoms with Gasteiger partial charge < -0.3 is 4.90 Å². The number of benzene rings is 1. The predicted octanol–water partition coefficient (Wildman–Crippen LogP) is 1.33. The lowest BCUT2D eigenvalue weighted by atomic mass is 10.2. The molecule has 0 atom stereocenters. The summed E-state index contributed by atoms with van der Waals surface area (Å²) in [6.45, 7) is 2.77. The monoisotopic (exact) mass is 316 g/mol. The minimum Gasteiger partial charge on any atom is -0.336 e. The van der Waals surface area contributed by atoms with Crippen molar-refractivity contribution < 1.29 is 13.2 Å². The normalized spacial score (nSPS) is 17.5. The van der Waals surface area contributed by atoms with Crippen LogP contribution in [0.2, 0.25) is 5.02 Å². The van der Waals surface area contributed by atoms with Crippen LogP contribution in [-0.4, -0.2) is 48.9 Å². The lowest BCUT2D eigenvalue weighted by Crippen LogP contribution is -2.52. The van der Waals surface area contributed by atoms with Crippen molar-refractivity contribution in [2.24, 2.45) is 0 Å². The molecule has 0 aliphatic carbocycles. The number of piperazine rings is 1. The standard InChI is InChI=1S/C13H17ClN2O3S/c1-2-20(18,19)16-8-7-15(13(17)10-16)9-11-3-5-12(14)6-4-11/h3-6H,2,7-10H2,1H3. The van der Waals surface area contributed by atoms with Crippen LogP contribution in [0.15, 0.2) is 24.3 Å². The van der Waals surface area contributed by atoms with Gasteiger partial charge in [0.15, 0.2) is 0 Å². The molecule has 0 unspecified atom stereocenters. The van der Waals surface area contributed by atoms with E-state index < -0.39 is 10.0 Å². The average Bonchev–Trinajstić information content (AvgIpc) is 2.43. The first-order chi connectivity index (χ1) is 9.42. The molecule has 1 aliphatic heterocycles. The first-order valence-corrected chi connectivity index (χ1v) is 8.41. The van der Waals surface area contributed by atoms with E-state index in [-0.39, 0.29) is 18.2 Å². The van der Waals surface area contributed by atoms with Gasteiger partial charge in [0, 0.05) is 24.7 Å². The highest BCUT2D eigenvalue weighted by atomic mass is 35.5. The number of halogens is 1. The number of carbonyl (C=O) groups is 1. The zero-order valence-corrected chi connectivity index (χ0v) is 12.8. The molecule has 5 nitrogen and oxygen atoms in total. The topological polar surface area (TPSA) is 57.7 Å². The average molecular weight is 317 g/mol. The summed E-state index contributed by atoms with van der Waals surface area (Å²) < 4.78 is 24.7. The third-order valence-corrected chi connectivity index (χ3v) is 5.41. The molecule has 110 valence electrons. The number of hydrogen-bond acceptors (Lipinski definition) is 3. The lowest BCUT2D eigenvalue weighted by Gasteiger charge is -2.33. The van der Waals surface area contributed by atoms with Crippen molar-refractivity contribution in [3.8, 4) is 0 Å².